The Morgan fingerprint density at radius 2 is 1.83 bits per heavy atom. The first kappa shape index (κ1) is 17.0. The van der Waals surface area contributed by atoms with E-state index in [0.717, 1.165) is 30.6 Å². The zero-order valence-corrected chi connectivity index (χ0v) is 14.5. The van der Waals surface area contributed by atoms with Crippen molar-refractivity contribution in [2.75, 3.05) is 0 Å². The van der Waals surface area contributed by atoms with E-state index in [4.69, 9.17) is 10.00 Å². The molecule has 2 aliphatic rings. The van der Waals surface area contributed by atoms with Gasteiger partial charge in [0.2, 0.25) is 0 Å². The minimum Gasteiger partial charge on any atom is -0.459 e. The molecule has 0 bridgehead atoms. The van der Waals surface area contributed by atoms with E-state index in [1.165, 1.54) is 38.5 Å². The van der Waals surface area contributed by atoms with Crippen molar-refractivity contribution in [2.24, 2.45) is 17.8 Å². The van der Waals surface area contributed by atoms with E-state index in [9.17, 15) is 4.79 Å². The number of carbonyl (C=O) groups is 1. The van der Waals surface area contributed by atoms with Crippen LogP contribution in [0.4, 0.5) is 0 Å². The molecule has 3 heteroatoms. The molecule has 0 amide bonds. The fraction of sp³-hybridized carbons (Fsp3) is 0.619. The molecular formula is C21H27NO2. The van der Waals surface area contributed by atoms with Gasteiger partial charge < -0.3 is 4.74 Å². The molecule has 0 heterocycles. The Kier molecular flexibility index (Phi) is 5.56. The van der Waals surface area contributed by atoms with Crippen molar-refractivity contribution in [1.29, 1.82) is 5.26 Å². The van der Waals surface area contributed by atoms with Crippen LogP contribution in [-0.4, -0.2) is 12.1 Å². The van der Waals surface area contributed by atoms with Crippen molar-refractivity contribution in [3.05, 3.63) is 35.4 Å². The maximum Gasteiger partial charge on any atom is 0.338 e. The molecule has 3 nitrogen and oxygen atoms in total. The first-order valence-electron chi connectivity index (χ1n) is 9.40. The van der Waals surface area contributed by atoms with Crippen molar-refractivity contribution in [3.8, 4) is 6.07 Å². The molecule has 0 spiro atoms. The first-order chi connectivity index (χ1) is 11.7. The molecule has 0 radical (unpaired) electrons. The highest BCUT2D eigenvalue weighted by molar-refractivity contribution is 5.89. The van der Waals surface area contributed by atoms with E-state index in [1.807, 2.05) is 0 Å². The number of hydrogen-bond donors (Lipinski definition) is 0. The zero-order chi connectivity index (χ0) is 16.9. The number of hydrogen-bond acceptors (Lipinski definition) is 3. The quantitative estimate of drug-likeness (QED) is 0.724. The molecule has 1 aromatic rings. The molecule has 1 aromatic carbocycles. The van der Waals surface area contributed by atoms with Crippen LogP contribution in [0.25, 0.3) is 0 Å². The van der Waals surface area contributed by atoms with E-state index in [0.29, 0.717) is 11.1 Å². The fourth-order valence-corrected chi connectivity index (χ4v) is 4.62. The summed E-state index contributed by atoms with van der Waals surface area (Å²) in [5.41, 5.74) is 1.11. The van der Waals surface area contributed by atoms with Crippen LogP contribution in [0.2, 0.25) is 0 Å². The summed E-state index contributed by atoms with van der Waals surface area (Å²) in [7, 11) is 0. The minimum atomic E-state index is -0.248. The Morgan fingerprint density at radius 3 is 2.54 bits per heavy atom. The van der Waals surface area contributed by atoms with Crippen molar-refractivity contribution in [1.82, 2.24) is 0 Å². The Balaban J connectivity index is 1.52. The molecule has 24 heavy (non-hydrogen) atoms. The lowest BCUT2D eigenvalue weighted by molar-refractivity contribution is -0.00620. The number of esters is 1. The standard InChI is InChI=1S/C21H27NO2/c1-2-3-15-4-9-19-13-20(11-10-18(19)12-15)24-21(23)17-7-5-16(14-22)6-8-17/h5-8,15,18-20H,2-4,9-13H2,1H3/t15-,18+,19-,20+/m0/s1. The van der Waals surface area contributed by atoms with Gasteiger partial charge in [0, 0.05) is 0 Å². The number of ether oxygens (including phenoxy) is 1. The topological polar surface area (TPSA) is 50.1 Å². The molecule has 2 saturated carbocycles. The zero-order valence-electron chi connectivity index (χ0n) is 14.5. The molecule has 4 atom stereocenters. The van der Waals surface area contributed by atoms with Crippen LogP contribution in [0.3, 0.4) is 0 Å². The summed E-state index contributed by atoms with van der Waals surface area (Å²) in [6.45, 7) is 2.28. The Bertz CT molecular complexity index is 601. The van der Waals surface area contributed by atoms with E-state index in [1.54, 1.807) is 24.3 Å². The Morgan fingerprint density at radius 1 is 1.12 bits per heavy atom. The number of fused-ring (bicyclic) bond motifs is 1. The molecular weight excluding hydrogens is 298 g/mol. The number of nitriles is 1. The monoisotopic (exact) mass is 325 g/mol. The summed E-state index contributed by atoms with van der Waals surface area (Å²) in [5, 5.41) is 8.82. The maximum absolute atomic E-state index is 12.3. The van der Waals surface area contributed by atoms with Crippen LogP contribution >= 0.6 is 0 Å². The molecule has 2 aliphatic carbocycles. The Labute approximate surface area is 145 Å². The van der Waals surface area contributed by atoms with Gasteiger partial charge in [0.05, 0.1) is 17.2 Å². The Hall–Kier alpha value is -1.82. The van der Waals surface area contributed by atoms with Gasteiger partial charge in [0.25, 0.3) is 0 Å². The first-order valence-corrected chi connectivity index (χ1v) is 9.40. The van der Waals surface area contributed by atoms with Crippen LogP contribution in [0, 0.1) is 29.1 Å². The number of rotatable bonds is 4. The summed E-state index contributed by atoms with van der Waals surface area (Å²) in [6, 6.07) is 8.77. The average Bonchev–Trinajstić information content (AvgIpc) is 2.62. The van der Waals surface area contributed by atoms with Gasteiger partial charge in [0.1, 0.15) is 6.10 Å². The second kappa shape index (κ2) is 7.83. The van der Waals surface area contributed by atoms with E-state index in [-0.39, 0.29) is 12.1 Å². The van der Waals surface area contributed by atoms with Crippen molar-refractivity contribution >= 4 is 5.97 Å². The fourth-order valence-electron chi connectivity index (χ4n) is 4.62. The summed E-state index contributed by atoms with van der Waals surface area (Å²) >= 11 is 0. The summed E-state index contributed by atoms with van der Waals surface area (Å²) in [4.78, 5) is 12.3. The second-order valence-electron chi connectivity index (χ2n) is 7.52. The van der Waals surface area contributed by atoms with Gasteiger partial charge in [-0.1, -0.05) is 26.2 Å². The second-order valence-corrected chi connectivity index (χ2v) is 7.52. The van der Waals surface area contributed by atoms with Gasteiger partial charge in [-0.05, 0) is 74.1 Å². The largest absolute Gasteiger partial charge is 0.459 e. The third kappa shape index (κ3) is 3.98. The lowest BCUT2D eigenvalue weighted by Crippen LogP contribution is -2.35. The molecule has 3 rings (SSSR count). The predicted octanol–water partition coefficient (Wildman–Crippen LogP) is 5.10. The van der Waals surface area contributed by atoms with Gasteiger partial charge in [-0.25, -0.2) is 4.79 Å². The van der Waals surface area contributed by atoms with Crippen molar-refractivity contribution in [3.63, 3.8) is 0 Å². The van der Waals surface area contributed by atoms with Crippen molar-refractivity contribution in [2.45, 2.75) is 64.4 Å². The lowest BCUT2D eigenvalue weighted by Gasteiger charge is -2.41. The predicted molar refractivity (Wildman–Crippen MR) is 93.4 cm³/mol. The van der Waals surface area contributed by atoms with Gasteiger partial charge in [-0.2, -0.15) is 5.26 Å². The maximum atomic E-state index is 12.3. The summed E-state index contributed by atoms with van der Waals surface area (Å²) < 4.78 is 5.75. The number of benzene rings is 1. The highest BCUT2D eigenvalue weighted by Gasteiger charge is 2.36. The van der Waals surface area contributed by atoms with E-state index >= 15 is 0 Å². The lowest BCUT2D eigenvalue weighted by atomic mass is 9.66. The van der Waals surface area contributed by atoms with Gasteiger partial charge in [0.15, 0.2) is 0 Å². The van der Waals surface area contributed by atoms with Gasteiger partial charge in [-0.3, -0.25) is 0 Å². The third-order valence-corrected chi connectivity index (χ3v) is 5.89. The molecule has 0 aromatic heterocycles. The van der Waals surface area contributed by atoms with Crippen LogP contribution in [0.5, 0.6) is 0 Å². The highest BCUT2D eigenvalue weighted by Crippen LogP contribution is 2.44. The van der Waals surface area contributed by atoms with Crippen LogP contribution in [0.1, 0.15) is 74.2 Å². The summed E-state index contributed by atoms with van der Waals surface area (Å²) in [6.07, 6.45) is 10.0. The van der Waals surface area contributed by atoms with Crippen LogP contribution in [0.15, 0.2) is 24.3 Å². The number of nitrogens with zero attached hydrogens (tertiary/aromatic N) is 1. The number of carbonyl (C=O) groups excluding carboxylic acids is 1. The van der Waals surface area contributed by atoms with Crippen molar-refractivity contribution < 1.29 is 9.53 Å². The normalized spacial score (nSPS) is 29.3. The molecule has 0 unspecified atom stereocenters. The molecule has 2 fully saturated rings. The molecule has 0 saturated heterocycles. The van der Waals surface area contributed by atoms with Gasteiger partial charge in [-0.15, -0.1) is 0 Å². The van der Waals surface area contributed by atoms with E-state index < -0.39 is 0 Å². The van der Waals surface area contributed by atoms with Crippen LogP contribution in [-0.2, 0) is 4.74 Å². The van der Waals surface area contributed by atoms with E-state index in [2.05, 4.69) is 13.0 Å². The highest BCUT2D eigenvalue weighted by atomic mass is 16.5. The smallest absolute Gasteiger partial charge is 0.338 e. The van der Waals surface area contributed by atoms with Crippen LogP contribution < -0.4 is 0 Å². The average molecular weight is 325 g/mol. The third-order valence-electron chi connectivity index (χ3n) is 5.89. The molecule has 0 aliphatic heterocycles. The summed E-state index contributed by atoms with van der Waals surface area (Å²) in [5.74, 6) is 2.27. The van der Waals surface area contributed by atoms with Gasteiger partial charge >= 0.3 is 5.97 Å². The molecule has 0 N–H and O–H groups in total. The minimum absolute atomic E-state index is 0.0668. The SMILES string of the molecule is CCC[C@H]1CC[C@H]2C[C@H](OC(=O)c3ccc(C#N)cc3)CC[C@@H]2C1. The molecule has 128 valence electrons.